The van der Waals surface area contributed by atoms with Crippen molar-refractivity contribution in [3.05, 3.63) is 40.0 Å². The zero-order valence-electron chi connectivity index (χ0n) is 9.96. The maximum atomic E-state index is 5.89. The summed E-state index contributed by atoms with van der Waals surface area (Å²) in [5.41, 5.74) is 2.28. The van der Waals surface area contributed by atoms with E-state index in [0.29, 0.717) is 0 Å². The van der Waals surface area contributed by atoms with Crippen LogP contribution in [0.4, 0.5) is 0 Å². The van der Waals surface area contributed by atoms with Crippen LogP contribution in [0.1, 0.15) is 17.6 Å². The van der Waals surface area contributed by atoms with Crippen molar-refractivity contribution < 1.29 is 0 Å². The molecule has 1 heterocycles. The molecule has 0 amide bonds. The van der Waals surface area contributed by atoms with Crippen LogP contribution in [0.15, 0.2) is 24.3 Å². The second-order valence-corrected chi connectivity index (χ2v) is 5.33. The lowest BCUT2D eigenvalue weighted by Crippen LogP contribution is -2.11. The molecule has 2 rings (SSSR count). The molecule has 0 saturated heterocycles. The molecule has 0 fully saturated rings. The highest BCUT2D eigenvalue weighted by atomic mass is 35.5. The zero-order valence-corrected chi connectivity index (χ0v) is 11.5. The van der Waals surface area contributed by atoms with Crippen LogP contribution in [0, 0.1) is 6.92 Å². The van der Waals surface area contributed by atoms with E-state index in [-0.39, 0.29) is 0 Å². The smallest absolute Gasteiger partial charge is 0.107 e. The Morgan fingerprint density at radius 3 is 2.65 bits per heavy atom. The van der Waals surface area contributed by atoms with E-state index in [1.54, 1.807) is 11.3 Å². The van der Waals surface area contributed by atoms with E-state index in [0.717, 1.165) is 28.8 Å². The molecular formula is C13H15ClN2S. The molecule has 0 radical (unpaired) electrons. The zero-order chi connectivity index (χ0) is 12.3. The highest BCUT2D eigenvalue weighted by molar-refractivity contribution is 7.15. The fourth-order valence-corrected chi connectivity index (χ4v) is 2.79. The Hall–Kier alpha value is -0.900. The minimum atomic E-state index is 0.767. The predicted octanol–water partition coefficient (Wildman–Crippen LogP) is 3.88. The second-order valence-electron chi connectivity index (χ2n) is 3.81. The van der Waals surface area contributed by atoms with Crippen molar-refractivity contribution >= 4 is 22.9 Å². The third-order valence-corrected chi connectivity index (χ3v) is 3.93. The number of thiazole rings is 1. The van der Waals surface area contributed by atoms with Crippen LogP contribution in [0.5, 0.6) is 0 Å². The largest absolute Gasteiger partial charge is 0.311 e. The van der Waals surface area contributed by atoms with Gasteiger partial charge in [-0.15, -0.1) is 11.3 Å². The molecule has 0 aliphatic carbocycles. The molecule has 0 saturated carbocycles. The average Bonchev–Trinajstić information content (AvgIpc) is 2.69. The Bertz CT molecular complexity index is 491. The molecular weight excluding hydrogens is 252 g/mol. The van der Waals surface area contributed by atoms with Gasteiger partial charge in [-0.05, 0) is 31.2 Å². The van der Waals surface area contributed by atoms with Crippen LogP contribution < -0.4 is 5.32 Å². The topological polar surface area (TPSA) is 24.9 Å². The molecule has 0 aliphatic heterocycles. The number of aryl methyl sites for hydroxylation is 1. The van der Waals surface area contributed by atoms with Crippen LogP contribution in [0.2, 0.25) is 5.02 Å². The van der Waals surface area contributed by atoms with Gasteiger partial charge in [-0.25, -0.2) is 4.98 Å². The predicted molar refractivity (Wildman–Crippen MR) is 74.7 cm³/mol. The van der Waals surface area contributed by atoms with Gasteiger partial charge in [0.25, 0.3) is 0 Å². The van der Waals surface area contributed by atoms with E-state index in [9.17, 15) is 0 Å². The summed E-state index contributed by atoms with van der Waals surface area (Å²) in [5, 5.41) is 5.19. The highest BCUT2D eigenvalue weighted by Gasteiger charge is 2.09. The average molecular weight is 267 g/mol. The first-order valence-electron chi connectivity index (χ1n) is 5.63. The Balaban J connectivity index is 2.26. The number of hydrogen-bond donors (Lipinski definition) is 1. The standard InChI is InChI=1S/C13H15ClN2S/c1-3-15-8-12-16-9(2)13(17-12)10-4-6-11(14)7-5-10/h4-7,15H,3,8H2,1-2H3. The van der Waals surface area contributed by atoms with Gasteiger partial charge in [-0.2, -0.15) is 0 Å². The summed E-state index contributed by atoms with van der Waals surface area (Å²) in [5.74, 6) is 0. The lowest BCUT2D eigenvalue weighted by molar-refractivity contribution is 0.721. The molecule has 0 bridgehead atoms. The Kier molecular flexibility index (Phi) is 4.15. The molecule has 17 heavy (non-hydrogen) atoms. The summed E-state index contributed by atoms with van der Waals surface area (Å²) in [6.07, 6.45) is 0. The maximum Gasteiger partial charge on any atom is 0.107 e. The van der Waals surface area contributed by atoms with E-state index in [1.807, 2.05) is 24.3 Å². The summed E-state index contributed by atoms with van der Waals surface area (Å²) in [7, 11) is 0. The summed E-state index contributed by atoms with van der Waals surface area (Å²) < 4.78 is 0. The molecule has 1 N–H and O–H groups in total. The van der Waals surface area contributed by atoms with Crippen molar-refractivity contribution in [3.8, 4) is 10.4 Å². The van der Waals surface area contributed by atoms with Gasteiger partial charge in [0.1, 0.15) is 5.01 Å². The van der Waals surface area contributed by atoms with Gasteiger partial charge in [0.15, 0.2) is 0 Å². The maximum absolute atomic E-state index is 5.89. The van der Waals surface area contributed by atoms with Gasteiger partial charge in [0.05, 0.1) is 10.6 Å². The van der Waals surface area contributed by atoms with Crippen molar-refractivity contribution in [2.75, 3.05) is 6.54 Å². The number of nitrogens with one attached hydrogen (secondary N) is 1. The molecule has 1 aromatic heterocycles. The van der Waals surface area contributed by atoms with Crippen molar-refractivity contribution in [3.63, 3.8) is 0 Å². The number of aromatic nitrogens is 1. The Morgan fingerprint density at radius 2 is 2.00 bits per heavy atom. The van der Waals surface area contributed by atoms with E-state index in [1.165, 1.54) is 10.4 Å². The number of halogens is 1. The second kappa shape index (κ2) is 5.63. The van der Waals surface area contributed by atoms with Crippen molar-refractivity contribution in [1.82, 2.24) is 10.3 Å². The van der Waals surface area contributed by atoms with Gasteiger partial charge in [-0.1, -0.05) is 30.7 Å². The number of hydrogen-bond acceptors (Lipinski definition) is 3. The first kappa shape index (κ1) is 12.6. The van der Waals surface area contributed by atoms with Crippen molar-refractivity contribution in [2.24, 2.45) is 0 Å². The van der Waals surface area contributed by atoms with Crippen LogP contribution in [-0.4, -0.2) is 11.5 Å². The molecule has 2 nitrogen and oxygen atoms in total. The lowest BCUT2D eigenvalue weighted by Gasteiger charge is -1.98. The number of rotatable bonds is 4. The van der Waals surface area contributed by atoms with E-state index in [2.05, 4.69) is 24.1 Å². The van der Waals surface area contributed by atoms with E-state index >= 15 is 0 Å². The van der Waals surface area contributed by atoms with Gasteiger partial charge in [0.2, 0.25) is 0 Å². The minimum absolute atomic E-state index is 0.767. The molecule has 1 aromatic carbocycles. The lowest BCUT2D eigenvalue weighted by atomic mass is 10.2. The van der Waals surface area contributed by atoms with Crippen LogP contribution >= 0.6 is 22.9 Å². The van der Waals surface area contributed by atoms with E-state index in [4.69, 9.17) is 11.6 Å². The normalized spacial score (nSPS) is 10.8. The number of nitrogens with zero attached hydrogens (tertiary/aromatic N) is 1. The minimum Gasteiger partial charge on any atom is -0.311 e. The van der Waals surface area contributed by atoms with Crippen LogP contribution in [0.25, 0.3) is 10.4 Å². The van der Waals surface area contributed by atoms with Gasteiger partial charge < -0.3 is 5.32 Å². The SMILES string of the molecule is CCNCc1nc(C)c(-c2ccc(Cl)cc2)s1. The Morgan fingerprint density at radius 1 is 1.29 bits per heavy atom. The molecule has 0 atom stereocenters. The molecule has 0 spiro atoms. The first-order valence-corrected chi connectivity index (χ1v) is 6.83. The van der Waals surface area contributed by atoms with Gasteiger partial charge in [-0.3, -0.25) is 0 Å². The van der Waals surface area contributed by atoms with Gasteiger partial charge >= 0.3 is 0 Å². The summed E-state index contributed by atoms with van der Waals surface area (Å²) in [4.78, 5) is 5.80. The third kappa shape index (κ3) is 3.06. The quantitative estimate of drug-likeness (QED) is 0.908. The fraction of sp³-hybridized carbons (Fsp3) is 0.308. The molecule has 0 unspecified atom stereocenters. The van der Waals surface area contributed by atoms with Crippen LogP contribution in [-0.2, 0) is 6.54 Å². The van der Waals surface area contributed by atoms with E-state index < -0.39 is 0 Å². The highest BCUT2D eigenvalue weighted by Crippen LogP contribution is 2.30. The molecule has 4 heteroatoms. The Labute approximate surface area is 111 Å². The summed E-state index contributed by atoms with van der Waals surface area (Å²) in [6, 6.07) is 7.92. The van der Waals surface area contributed by atoms with Gasteiger partial charge in [0, 0.05) is 11.6 Å². The van der Waals surface area contributed by atoms with Crippen LogP contribution in [0.3, 0.4) is 0 Å². The van der Waals surface area contributed by atoms with Crippen molar-refractivity contribution in [2.45, 2.75) is 20.4 Å². The molecule has 2 aromatic rings. The number of benzene rings is 1. The first-order chi connectivity index (χ1) is 8.20. The third-order valence-electron chi connectivity index (χ3n) is 2.47. The fourth-order valence-electron chi connectivity index (χ4n) is 1.63. The monoisotopic (exact) mass is 266 g/mol. The molecule has 90 valence electrons. The summed E-state index contributed by atoms with van der Waals surface area (Å²) in [6.45, 7) is 5.96. The summed E-state index contributed by atoms with van der Waals surface area (Å²) >= 11 is 7.63. The van der Waals surface area contributed by atoms with Crippen molar-refractivity contribution in [1.29, 1.82) is 0 Å². The molecule has 0 aliphatic rings.